The quantitative estimate of drug-likeness (QED) is 0.871. The second kappa shape index (κ2) is 6.63. The zero-order valence-electron chi connectivity index (χ0n) is 11.8. The lowest BCUT2D eigenvalue weighted by Gasteiger charge is -2.35. The topological polar surface area (TPSA) is 12.0 Å². The lowest BCUT2D eigenvalue weighted by molar-refractivity contribution is 0.304. The molecule has 0 aromatic heterocycles. The van der Waals surface area contributed by atoms with Crippen LogP contribution in [0.25, 0.3) is 0 Å². The highest BCUT2D eigenvalue weighted by molar-refractivity contribution is 8.00. The van der Waals surface area contributed by atoms with E-state index in [2.05, 4.69) is 62.2 Å². The molecule has 1 saturated carbocycles. The van der Waals surface area contributed by atoms with Gasteiger partial charge in [-0.25, -0.2) is 0 Å². The molecule has 1 N–H and O–H groups in total. The number of aryl methyl sites for hydroxylation is 1. The Hall–Kier alpha value is -0.470. The van der Waals surface area contributed by atoms with Gasteiger partial charge in [-0.3, -0.25) is 0 Å². The monoisotopic (exact) mass is 263 g/mol. The molecule has 1 aliphatic carbocycles. The van der Waals surface area contributed by atoms with E-state index >= 15 is 0 Å². The van der Waals surface area contributed by atoms with Gasteiger partial charge < -0.3 is 5.32 Å². The second-order valence-electron chi connectivity index (χ2n) is 5.46. The van der Waals surface area contributed by atoms with Gasteiger partial charge in [-0.15, -0.1) is 11.8 Å². The Kier molecular flexibility index (Phi) is 5.13. The van der Waals surface area contributed by atoms with Gasteiger partial charge in [0.05, 0.1) is 0 Å². The van der Waals surface area contributed by atoms with Crippen LogP contribution >= 0.6 is 11.8 Å². The number of hydrogen-bond donors (Lipinski definition) is 1. The minimum atomic E-state index is 0.679. The summed E-state index contributed by atoms with van der Waals surface area (Å²) < 4.78 is 0. The van der Waals surface area contributed by atoms with Crippen LogP contribution in [0, 0.1) is 12.8 Å². The molecule has 3 unspecified atom stereocenters. The van der Waals surface area contributed by atoms with Gasteiger partial charge in [0, 0.05) is 16.2 Å². The summed E-state index contributed by atoms with van der Waals surface area (Å²) in [5.74, 6) is 0.928. The van der Waals surface area contributed by atoms with E-state index in [0.29, 0.717) is 6.04 Å². The molecule has 18 heavy (non-hydrogen) atoms. The molecule has 3 atom stereocenters. The summed E-state index contributed by atoms with van der Waals surface area (Å²) in [6.07, 6.45) is 5.42. The first kappa shape index (κ1) is 14.0. The van der Waals surface area contributed by atoms with Crippen LogP contribution in [-0.2, 0) is 0 Å². The van der Waals surface area contributed by atoms with E-state index in [-0.39, 0.29) is 0 Å². The van der Waals surface area contributed by atoms with Crippen LogP contribution in [0.5, 0.6) is 0 Å². The van der Waals surface area contributed by atoms with Crippen molar-refractivity contribution >= 4 is 11.8 Å². The molecule has 0 amide bonds. The molecule has 0 radical (unpaired) electrons. The van der Waals surface area contributed by atoms with Gasteiger partial charge in [-0.2, -0.15) is 0 Å². The molecule has 2 rings (SSSR count). The van der Waals surface area contributed by atoms with Crippen molar-refractivity contribution in [3.63, 3.8) is 0 Å². The summed E-state index contributed by atoms with van der Waals surface area (Å²) in [5, 5.41) is 4.24. The summed E-state index contributed by atoms with van der Waals surface area (Å²) in [4.78, 5) is 1.43. The third-order valence-corrected chi connectivity index (χ3v) is 5.48. The number of rotatable bonds is 4. The Morgan fingerprint density at radius 1 is 1.33 bits per heavy atom. The maximum atomic E-state index is 3.51. The van der Waals surface area contributed by atoms with Gasteiger partial charge in [0.15, 0.2) is 0 Å². The van der Waals surface area contributed by atoms with Crippen LogP contribution < -0.4 is 5.32 Å². The van der Waals surface area contributed by atoms with Gasteiger partial charge in [0.2, 0.25) is 0 Å². The maximum Gasteiger partial charge on any atom is 0.0250 e. The molecule has 1 aromatic carbocycles. The predicted molar refractivity (Wildman–Crippen MR) is 81.3 cm³/mol. The number of thioether (sulfide) groups is 1. The van der Waals surface area contributed by atoms with Crippen molar-refractivity contribution in [1.82, 2.24) is 5.32 Å². The van der Waals surface area contributed by atoms with Crippen molar-refractivity contribution in [3.8, 4) is 0 Å². The van der Waals surface area contributed by atoms with E-state index in [4.69, 9.17) is 0 Å². The van der Waals surface area contributed by atoms with Crippen LogP contribution in [0.15, 0.2) is 29.2 Å². The Morgan fingerprint density at radius 2 is 2.17 bits per heavy atom. The van der Waals surface area contributed by atoms with Crippen molar-refractivity contribution in [1.29, 1.82) is 0 Å². The normalized spacial score (nSPS) is 28.3. The van der Waals surface area contributed by atoms with E-state index < -0.39 is 0 Å². The molecular formula is C16H25NS. The van der Waals surface area contributed by atoms with Crippen LogP contribution in [0.3, 0.4) is 0 Å². The van der Waals surface area contributed by atoms with Crippen molar-refractivity contribution < 1.29 is 0 Å². The molecule has 100 valence electrons. The van der Waals surface area contributed by atoms with Crippen LogP contribution in [-0.4, -0.2) is 18.3 Å². The number of nitrogens with one attached hydrogen (secondary N) is 1. The van der Waals surface area contributed by atoms with E-state index in [9.17, 15) is 0 Å². The van der Waals surface area contributed by atoms with Gasteiger partial charge >= 0.3 is 0 Å². The average molecular weight is 263 g/mol. The highest BCUT2D eigenvalue weighted by Gasteiger charge is 2.29. The summed E-state index contributed by atoms with van der Waals surface area (Å²) in [5.41, 5.74) is 1.36. The van der Waals surface area contributed by atoms with Crippen LogP contribution in [0.1, 0.15) is 38.2 Å². The fraction of sp³-hybridized carbons (Fsp3) is 0.625. The Labute approximate surface area is 116 Å². The minimum absolute atomic E-state index is 0.679. The van der Waals surface area contributed by atoms with Crippen molar-refractivity contribution in [2.75, 3.05) is 7.05 Å². The third-order valence-electron chi connectivity index (χ3n) is 4.13. The third kappa shape index (κ3) is 3.52. The number of benzene rings is 1. The molecule has 2 heteroatoms. The molecule has 0 bridgehead atoms. The number of hydrogen-bond acceptors (Lipinski definition) is 2. The Bertz CT molecular complexity index is 377. The van der Waals surface area contributed by atoms with Crippen molar-refractivity contribution in [2.45, 2.75) is 55.7 Å². The molecule has 0 saturated heterocycles. The largest absolute Gasteiger partial charge is 0.316 e. The lowest BCUT2D eigenvalue weighted by atomic mass is 9.84. The van der Waals surface area contributed by atoms with Crippen LogP contribution in [0.2, 0.25) is 0 Å². The molecular weight excluding hydrogens is 238 g/mol. The minimum Gasteiger partial charge on any atom is -0.316 e. The Morgan fingerprint density at radius 3 is 2.83 bits per heavy atom. The summed E-state index contributed by atoms with van der Waals surface area (Å²) >= 11 is 2.07. The summed E-state index contributed by atoms with van der Waals surface area (Å²) in [6.45, 7) is 4.51. The summed E-state index contributed by atoms with van der Waals surface area (Å²) in [6, 6.07) is 9.59. The highest BCUT2D eigenvalue weighted by atomic mass is 32.2. The van der Waals surface area contributed by atoms with Crippen molar-refractivity contribution in [3.05, 3.63) is 29.8 Å². The SMILES string of the molecule is CCC1CCC(NC)C(Sc2cccc(C)c2)C1. The van der Waals surface area contributed by atoms with Gasteiger partial charge in [-0.1, -0.05) is 31.0 Å². The molecule has 0 spiro atoms. The fourth-order valence-electron chi connectivity index (χ4n) is 2.91. The average Bonchev–Trinajstić information content (AvgIpc) is 2.38. The van der Waals surface area contributed by atoms with Crippen molar-refractivity contribution in [2.24, 2.45) is 5.92 Å². The molecule has 1 aromatic rings. The smallest absolute Gasteiger partial charge is 0.0250 e. The van der Waals surface area contributed by atoms with E-state index in [1.807, 2.05) is 0 Å². The first-order valence-corrected chi connectivity index (χ1v) is 8.01. The molecule has 1 nitrogen and oxygen atoms in total. The Balaban J connectivity index is 2.04. The van der Waals surface area contributed by atoms with E-state index in [0.717, 1.165) is 11.2 Å². The molecule has 0 heterocycles. The first-order valence-electron chi connectivity index (χ1n) is 7.13. The molecule has 1 aliphatic rings. The fourth-order valence-corrected chi connectivity index (χ4v) is 4.47. The summed E-state index contributed by atoms with van der Waals surface area (Å²) in [7, 11) is 2.11. The van der Waals surface area contributed by atoms with Gasteiger partial charge in [0.25, 0.3) is 0 Å². The zero-order valence-corrected chi connectivity index (χ0v) is 12.6. The predicted octanol–water partition coefficient (Wildman–Crippen LogP) is 4.25. The van der Waals surface area contributed by atoms with Crippen LogP contribution in [0.4, 0.5) is 0 Å². The zero-order chi connectivity index (χ0) is 13.0. The maximum absolute atomic E-state index is 3.51. The van der Waals surface area contributed by atoms with Gasteiger partial charge in [0.1, 0.15) is 0 Å². The van der Waals surface area contributed by atoms with E-state index in [1.54, 1.807) is 0 Å². The second-order valence-corrected chi connectivity index (χ2v) is 6.77. The van der Waals surface area contributed by atoms with Gasteiger partial charge in [-0.05, 0) is 51.3 Å². The highest BCUT2D eigenvalue weighted by Crippen LogP contribution is 2.37. The molecule has 1 fully saturated rings. The van der Waals surface area contributed by atoms with E-state index in [1.165, 1.54) is 36.1 Å². The first-order chi connectivity index (χ1) is 8.72. The standard InChI is InChI=1S/C16H25NS/c1-4-13-8-9-15(17-3)16(11-13)18-14-7-5-6-12(2)10-14/h5-7,10,13,15-17H,4,8-9,11H2,1-3H3. The molecule has 0 aliphatic heterocycles. The lowest BCUT2D eigenvalue weighted by Crippen LogP contribution is -2.40.